The molecular formula is C55H106O6. The smallest absolute Gasteiger partial charge is 0.306 e. The molecule has 0 aliphatic rings. The molecule has 0 aromatic carbocycles. The highest BCUT2D eigenvalue weighted by molar-refractivity contribution is 5.71. The molecule has 0 radical (unpaired) electrons. The molecule has 0 N–H and O–H groups in total. The summed E-state index contributed by atoms with van der Waals surface area (Å²) < 4.78 is 16.8. The average molecular weight is 863 g/mol. The van der Waals surface area contributed by atoms with Crippen LogP contribution in [0.4, 0.5) is 0 Å². The monoisotopic (exact) mass is 863 g/mol. The number of hydrogen-bond donors (Lipinski definition) is 0. The zero-order valence-corrected chi connectivity index (χ0v) is 41.8. The van der Waals surface area contributed by atoms with E-state index in [-0.39, 0.29) is 31.1 Å². The van der Waals surface area contributed by atoms with Gasteiger partial charge in [-0.25, -0.2) is 0 Å². The fourth-order valence-electron chi connectivity index (χ4n) is 8.31. The lowest BCUT2D eigenvalue weighted by Crippen LogP contribution is -2.30. The van der Waals surface area contributed by atoms with Gasteiger partial charge < -0.3 is 14.2 Å². The summed E-state index contributed by atoms with van der Waals surface area (Å²) in [7, 11) is 0. The number of unbranched alkanes of at least 4 members (excludes halogenated alkanes) is 33. The number of esters is 3. The molecule has 0 saturated heterocycles. The lowest BCUT2D eigenvalue weighted by Gasteiger charge is -2.18. The molecule has 0 bridgehead atoms. The molecule has 0 spiro atoms. The normalized spacial score (nSPS) is 12.5. The molecule has 0 saturated carbocycles. The van der Waals surface area contributed by atoms with Crippen molar-refractivity contribution < 1.29 is 28.6 Å². The number of ether oxygens (including phenoxy) is 3. The number of hydrogen-bond acceptors (Lipinski definition) is 6. The first-order valence-electron chi connectivity index (χ1n) is 27.3. The van der Waals surface area contributed by atoms with Gasteiger partial charge in [-0.1, -0.05) is 266 Å². The Balaban J connectivity index is 4.30. The first kappa shape index (κ1) is 59.4. The predicted molar refractivity (Wildman–Crippen MR) is 261 cm³/mol. The molecule has 0 fully saturated rings. The molecule has 61 heavy (non-hydrogen) atoms. The van der Waals surface area contributed by atoms with Crippen LogP contribution in [0.15, 0.2) is 0 Å². The molecule has 0 aromatic heterocycles. The summed E-state index contributed by atoms with van der Waals surface area (Å²) >= 11 is 0. The van der Waals surface area contributed by atoms with E-state index < -0.39 is 6.10 Å². The first-order valence-corrected chi connectivity index (χ1v) is 27.3. The van der Waals surface area contributed by atoms with E-state index in [1.54, 1.807) is 0 Å². The standard InChI is InChI=1S/C55H106O6/c1-6-8-9-10-11-12-13-17-21-24-30-35-40-45-53(56)59-48-52(49-60-54(57)46-41-36-31-27-26-29-34-39-44-51(5)7-2)61-55(58)47-42-37-32-25-22-19-16-14-15-18-20-23-28-33-38-43-50(3)4/h50-52H,6-49H2,1-5H3/t51?,52-/m0/s1. The Kier molecular flexibility index (Phi) is 46.6. The minimum absolute atomic E-state index is 0.0634. The Morgan fingerprint density at radius 1 is 0.344 bits per heavy atom. The lowest BCUT2D eigenvalue weighted by atomic mass is 9.99. The third-order valence-electron chi connectivity index (χ3n) is 12.8. The second kappa shape index (κ2) is 47.9. The summed E-state index contributed by atoms with van der Waals surface area (Å²) in [5.74, 6) is 0.851. The maximum absolute atomic E-state index is 12.8. The van der Waals surface area contributed by atoms with Crippen molar-refractivity contribution >= 4 is 17.9 Å². The minimum atomic E-state index is -0.762. The maximum atomic E-state index is 12.8. The average Bonchev–Trinajstić information content (AvgIpc) is 3.24. The third-order valence-corrected chi connectivity index (χ3v) is 12.8. The van der Waals surface area contributed by atoms with Gasteiger partial charge in [0.15, 0.2) is 6.10 Å². The van der Waals surface area contributed by atoms with E-state index in [4.69, 9.17) is 14.2 Å². The van der Waals surface area contributed by atoms with Gasteiger partial charge in [0, 0.05) is 19.3 Å². The Morgan fingerprint density at radius 2 is 0.623 bits per heavy atom. The topological polar surface area (TPSA) is 78.9 Å². The fraction of sp³-hybridized carbons (Fsp3) is 0.945. The maximum Gasteiger partial charge on any atom is 0.306 e. The minimum Gasteiger partial charge on any atom is -0.462 e. The van der Waals surface area contributed by atoms with E-state index >= 15 is 0 Å². The quantitative estimate of drug-likeness (QED) is 0.0344. The van der Waals surface area contributed by atoms with Gasteiger partial charge in [0.25, 0.3) is 0 Å². The van der Waals surface area contributed by atoms with E-state index in [2.05, 4.69) is 34.6 Å². The van der Waals surface area contributed by atoms with Crippen molar-refractivity contribution in [3.8, 4) is 0 Å². The Hall–Kier alpha value is -1.59. The summed E-state index contributed by atoms with van der Waals surface area (Å²) in [5, 5.41) is 0. The molecule has 0 aliphatic heterocycles. The molecule has 1 unspecified atom stereocenters. The van der Waals surface area contributed by atoms with Gasteiger partial charge in [-0.05, 0) is 31.1 Å². The Bertz CT molecular complexity index is 933. The fourth-order valence-corrected chi connectivity index (χ4v) is 8.31. The molecule has 0 amide bonds. The Morgan fingerprint density at radius 3 is 0.934 bits per heavy atom. The molecule has 6 heteroatoms. The zero-order chi connectivity index (χ0) is 44.7. The van der Waals surface area contributed by atoms with Crippen molar-refractivity contribution in [2.24, 2.45) is 11.8 Å². The zero-order valence-electron chi connectivity index (χ0n) is 41.8. The van der Waals surface area contributed by atoms with Crippen LogP contribution >= 0.6 is 0 Å². The van der Waals surface area contributed by atoms with Crippen molar-refractivity contribution in [3.63, 3.8) is 0 Å². The van der Waals surface area contributed by atoms with Gasteiger partial charge in [-0.15, -0.1) is 0 Å². The van der Waals surface area contributed by atoms with E-state index in [1.807, 2.05) is 0 Å². The highest BCUT2D eigenvalue weighted by Crippen LogP contribution is 2.18. The number of carbonyl (C=O) groups excluding carboxylic acids is 3. The summed E-state index contributed by atoms with van der Waals surface area (Å²) in [5.41, 5.74) is 0. The van der Waals surface area contributed by atoms with Crippen LogP contribution in [0.5, 0.6) is 0 Å². The molecule has 0 aliphatic carbocycles. The van der Waals surface area contributed by atoms with E-state index in [1.165, 1.54) is 193 Å². The highest BCUT2D eigenvalue weighted by Gasteiger charge is 2.19. The summed E-state index contributed by atoms with van der Waals surface area (Å²) in [6.45, 7) is 11.4. The second-order valence-corrected chi connectivity index (χ2v) is 19.6. The molecule has 2 atom stereocenters. The third kappa shape index (κ3) is 47.7. The number of rotatable bonds is 49. The molecule has 0 aromatic rings. The van der Waals surface area contributed by atoms with Gasteiger partial charge in [0.05, 0.1) is 0 Å². The predicted octanol–water partition coefficient (Wildman–Crippen LogP) is 17.7. The van der Waals surface area contributed by atoms with Gasteiger partial charge in [0.2, 0.25) is 0 Å². The van der Waals surface area contributed by atoms with Crippen LogP contribution < -0.4 is 0 Å². The van der Waals surface area contributed by atoms with Gasteiger partial charge in [0.1, 0.15) is 13.2 Å². The Labute approximate surface area is 380 Å². The first-order chi connectivity index (χ1) is 29.8. The van der Waals surface area contributed by atoms with Crippen LogP contribution in [0.2, 0.25) is 0 Å². The van der Waals surface area contributed by atoms with Gasteiger partial charge in [-0.2, -0.15) is 0 Å². The van der Waals surface area contributed by atoms with Crippen LogP contribution in [0, 0.1) is 11.8 Å². The van der Waals surface area contributed by atoms with E-state index in [9.17, 15) is 14.4 Å². The highest BCUT2D eigenvalue weighted by atomic mass is 16.6. The molecule has 362 valence electrons. The van der Waals surface area contributed by atoms with Crippen molar-refractivity contribution in [1.29, 1.82) is 0 Å². The van der Waals surface area contributed by atoms with Crippen molar-refractivity contribution in [2.45, 2.75) is 310 Å². The summed E-state index contributed by atoms with van der Waals surface area (Å²) in [6.07, 6.45) is 49.4. The van der Waals surface area contributed by atoms with E-state index in [0.717, 1.165) is 69.6 Å². The van der Waals surface area contributed by atoms with Crippen LogP contribution in [0.3, 0.4) is 0 Å². The van der Waals surface area contributed by atoms with Crippen molar-refractivity contribution in [2.75, 3.05) is 13.2 Å². The summed E-state index contributed by atoms with van der Waals surface area (Å²) in [6, 6.07) is 0. The van der Waals surface area contributed by atoms with Crippen LogP contribution in [-0.4, -0.2) is 37.2 Å². The van der Waals surface area contributed by atoms with Gasteiger partial charge in [-0.3, -0.25) is 14.4 Å². The molecule has 6 nitrogen and oxygen atoms in total. The molecule has 0 heterocycles. The SMILES string of the molecule is CCCCCCCCCCCCCCCC(=O)OC[C@@H](COC(=O)CCCCCCCCCCC(C)CC)OC(=O)CCCCCCCCCCCCCCCCCC(C)C. The second-order valence-electron chi connectivity index (χ2n) is 19.6. The van der Waals surface area contributed by atoms with E-state index in [0.29, 0.717) is 19.3 Å². The van der Waals surface area contributed by atoms with Crippen LogP contribution in [-0.2, 0) is 28.6 Å². The lowest BCUT2D eigenvalue weighted by molar-refractivity contribution is -0.167. The molecule has 0 rings (SSSR count). The summed E-state index contributed by atoms with van der Waals surface area (Å²) in [4.78, 5) is 38.0. The van der Waals surface area contributed by atoms with Crippen molar-refractivity contribution in [3.05, 3.63) is 0 Å². The van der Waals surface area contributed by atoms with Crippen LogP contribution in [0.1, 0.15) is 304 Å². The van der Waals surface area contributed by atoms with Crippen LogP contribution in [0.25, 0.3) is 0 Å². The van der Waals surface area contributed by atoms with Crippen molar-refractivity contribution in [1.82, 2.24) is 0 Å². The number of carbonyl (C=O) groups is 3. The largest absolute Gasteiger partial charge is 0.462 e. The molecular weight excluding hydrogens is 757 g/mol. The van der Waals surface area contributed by atoms with Gasteiger partial charge >= 0.3 is 17.9 Å².